The smallest absolute Gasteiger partial charge is 0.269 e. The number of nitrogens with one attached hydrogen (secondary N) is 1. The molecule has 0 bridgehead atoms. The Hall–Kier alpha value is -2.68. The Labute approximate surface area is 108 Å². The van der Waals surface area contributed by atoms with Gasteiger partial charge in [0.1, 0.15) is 5.82 Å². The largest absolute Gasteiger partial charge is 0.387 e. The molecule has 1 aromatic carbocycles. The fourth-order valence-corrected chi connectivity index (χ4v) is 1.65. The van der Waals surface area contributed by atoms with Gasteiger partial charge in [0.25, 0.3) is 5.56 Å². The first-order chi connectivity index (χ1) is 9.13. The Balaban J connectivity index is 2.39. The standard InChI is InChI=1S/C13H11FN4O/c1-16-12-5-13(19)18(17-7-12)8-10-4-11(14)3-2-9(10)6-15/h2-5,7,16H,8H2,1H3. The third kappa shape index (κ3) is 2.77. The summed E-state index contributed by atoms with van der Waals surface area (Å²) in [4.78, 5) is 11.8. The van der Waals surface area contributed by atoms with Crippen molar-refractivity contribution in [2.45, 2.75) is 6.54 Å². The molecule has 0 radical (unpaired) electrons. The van der Waals surface area contributed by atoms with Crippen LogP contribution >= 0.6 is 0 Å². The van der Waals surface area contributed by atoms with Crippen LogP contribution in [-0.2, 0) is 6.54 Å². The molecule has 5 nitrogen and oxygen atoms in total. The number of nitriles is 1. The summed E-state index contributed by atoms with van der Waals surface area (Å²) in [5.41, 5.74) is 1.03. The van der Waals surface area contributed by atoms with Gasteiger partial charge >= 0.3 is 0 Å². The van der Waals surface area contributed by atoms with E-state index in [9.17, 15) is 9.18 Å². The average Bonchev–Trinajstić information content (AvgIpc) is 2.41. The van der Waals surface area contributed by atoms with Gasteiger partial charge in [0, 0.05) is 13.1 Å². The zero-order valence-electron chi connectivity index (χ0n) is 10.2. The van der Waals surface area contributed by atoms with Crippen LogP contribution < -0.4 is 10.9 Å². The summed E-state index contributed by atoms with van der Waals surface area (Å²) in [5, 5.41) is 15.7. The highest BCUT2D eigenvalue weighted by Crippen LogP contribution is 2.11. The van der Waals surface area contributed by atoms with Gasteiger partial charge in [-0.3, -0.25) is 4.79 Å². The first kappa shape index (κ1) is 12.8. The van der Waals surface area contributed by atoms with E-state index in [-0.39, 0.29) is 12.1 Å². The molecule has 0 amide bonds. The Bertz CT molecular complexity index is 703. The fraction of sp³-hybridized carbons (Fsp3) is 0.154. The van der Waals surface area contributed by atoms with Crippen LogP contribution in [-0.4, -0.2) is 16.8 Å². The topological polar surface area (TPSA) is 70.7 Å². The monoisotopic (exact) mass is 258 g/mol. The molecule has 0 fully saturated rings. The number of benzene rings is 1. The lowest BCUT2D eigenvalue weighted by molar-refractivity contribution is 0.610. The average molecular weight is 258 g/mol. The van der Waals surface area contributed by atoms with Gasteiger partial charge in [-0.05, 0) is 23.8 Å². The molecule has 2 aromatic rings. The van der Waals surface area contributed by atoms with E-state index < -0.39 is 5.82 Å². The van der Waals surface area contributed by atoms with E-state index in [1.165, 1.54) is 35.1 Å². The van der Waals surface area contributed by atoms with E-state index in [2.05, 4.69) is 10.4 Å². The number of anilines is 1. The Morgan fingerprint density at radius 2 is 2.26 bits per heavy atom. The summed E-state index contributed by atoms with van der Waals surface area (Å²) in [7, 11) is 1.68. The molecule has 1 heterocycles. The predicted octanol–water partition coefficient (Wildman–Crippen LogP) is 1.34. The predicted molar refractivity (Wildman–Crippen MR) is 68.3 cm³/mol. The second kappa shape index (κ2) is 5.31. The molecule has 6 heteroatoms. The van der Waals surface area contributed by atoms with Gasteiger partial charge in [-0.15, -0.1) is 0 Å². The number of nitrogens with zero attached hydrogens (tertiary/aromatic N) is 3. The van der Waals surface area contributed by atoms with Gasteiger partial charge in [-0.1, -0.05) is 0 Å². The number of rotatable bonds is 3. The molecular formula is C13H11FN4O. The number of aromatic nitrogens is 2. The maximum Gasteiger partial charge on any atom is 0.269 e. The highest BCUT2D eigenvalue weighted by molar-refractivity contribution is 5.39. The molecule has 0 aliphatic rings. The van der Waals surface area contributed by atoms with Gasteiger partial charge in [0.15, 0.2) is 0 Å². The third-order valence-corrected chi connectivity index (χ3v) is 2.67. The minimum absolute atomic E-state index is 0.0590. The second-order valence-corrected chi connectivity index (χ2v) is 3.90. The lowest BCUT2D eigenvalue weighted by atomic mass is 10.1. The summed E-state index contributed by atoms with van der Waals surface area (Å²) in [6.07, 6.45) is 1.49. The molecule has 19 heavy (non-hydrogen) atoms. The summed E-state index contributed by atoms with van der Waals surface area (Å²) in [6, 6.07) is 7.18. The summed E-state index contributed by atoms with van der Waals surface area (Å²) in [5.74, 6) is -0.450. The van der Waals surface area contributed by atoms with E-state index in [4.69, 9.17) is 5.26 Å². The zero-order chi connectivity index (χ0) is 13.8. The van der Waals surface area contributed by atoms with Crippen LogP contribution in [0.5, 0.6) is 0 Å². The lowest BCUT2D eigenvalue weighted by Crippen LogP contribution is -2.23. The minimum Gasteiger partial charge on any atom is -0.387 e. The quantitative estimate of drug-likeness (QED) is 0.902. The summed E-state index contributed by atoms with van der Waals surface area (Å²) in [6.45, 7) is 0.0590. The van der Waals surface area contributed by atoms with Gasteiger partial charge < -0.3 is 5.32 Å². The first-order valence-electron chi connectivity index (χ1n) is 5.57. The van der Waals surface area contributed by atoms with Crippen LogP contribution in [0.25, 0.3) is 0 Å². The van der Waals surface area contributed by atoms with E-state index in [1.54, 1.807) is 7.05 Å². The van der Waals surface area contributed by atoms with Crippen molar-refractivity contribution in [3.63, 3.8) is 0 Å². The highest BCUT2D eigenvalue weighted by Gasteiger charge is 2.07. The molecule has 0 aliphatic carbocycles. The second-order valence-electron chi connectivity index (χ2n) is 3.90. The van der Waals surface area contributed by atoms with Crippen molar-refractivity contribution in [3.05, 3.63) is 57.8 Å². The van der Waals surface area contributed by atoms with Crippen LogP contribution in [0.4, 0.5) is 10.1 Å². The molecule has 0 aliphatic heterocycles. The van der Waals surface area contributed by atoms with E-state index >= 15 is 0 Å². The van der Waals surface area contributed by atoms with Crippen molar-refractivity contribution in [1.82, 2.24) is 9.78 Å². The molecule has 0 saturated carbocycles. The Morgan fingerprint density at radius 1 is 1.47 bits per heavy atom. The van der Waals surface area contributed by atoms with Crippen LogP contribution in [0.3, 0.4) is 0 Å². The fourth-order valence-electron chi connectivity index (χ4n) is 1.65. The summed E-state index contributed by atoms with van der Waals surface area (Å²) >= 11 is 0. The molecule has 0 atom stereocenters. The maximum absolute atomic E-state index is 13.2. The molecule has 96 valence electrons. The van der Waals surface area contributed by atoms with Crippen LogP contribution in [0.15, 0.2) is 35.3 Å². The van der Waals surface area contributed by atoms with Gasteiger partial charge in [0.05, 0.1) is 30.1 Å². The van der Waals surface area contributed by atoms with Crippen LogP contribution in [0, 0.1) is 17.1 Å². The van der Waals surface area contributed by atoms with Crippen molar-refractivity contribution >= 4 is 5.69 Å². The molecule has 1 N–H and O–H groups in total. The van der Waals surface area contributed by atoms with Gasteiger partial charge in [0.2, 0.25) is 0 Å². The Morgan fingerprint density at radius 3 is 2.89 bits per heavy atom. The zero-order valence-corrected chi connectivity index (χ0v) is 10.2. The number of halogens is 1. The summed E-state index contributed by atoms with van der Waals surface area (Å²) < 4.78 is 14.4. The number of hydrogen-bond donors (Lipinski definition) is 1. The van der Waals surface area contributed by atoms with Crippen LogP contribution in [0.2, 0.25) is 0 Å². The molecule has 0 saturated heterocycles. The van der Waals surface area contributed by atoms with Crippen molar-refractivity contribution in [2.75, 3.05) is 12.4 Å². The van der Waals surface area contributed by atoms with Crippen molar-refractivity contribution in [3.8, 4) is 6.07 Å². The normalized spacial score (nSPS) is 9.95. The first-order valence-corrected chi connectivity index (χ1v) is 5.57. The molecule has 0 unspecified atom stereocenters. The highest BCUT2D eigenvalue weighted by atomic mass is 19.1. The van der Waals surface area contributed by atoms with Crippen LogP contribution in [0.1, 0.15) is 11.1 Å². The minimum atomic E-state index is -0.450. The molecule has 0 spiro atoms. The maximum atomic E-state index is 13.2. The third-order valence-electron chi connectivity index (χ3n) is 2.67. The van der Waals surface area contributed by atoms with Gasteiger partial charge in [-0.2, -0.15) is 10.4 Å². The van der Waals surface area contributed by atoms with E-state index in [0.29, 0.717) is 16.8 Å². The number of hydrogen-bond acceptors (Lipinski definition) is 4. The Kier molecular flexibility index (Phi) is 3.57. The van der Waals surface area contributed by atoms with Gasteiger partial charge in [-0.25, -0.2) is 9.07 Å². The van der Waals surface area contributed by atoms with E-state index in [0.717, 1.165) is 0 Å². The molecule has 1 aromatic heterocycles. The van der Waals surface area contributed by atoms with E-state index in [1.807, 2.05) is 6.07 Å². The van der Waals surface area contributed by atoms with Crippen molar-refractivity contribution in [1.29, 1.82) is 5.26 Å². The lowest BCUT2D eigenvalue weighted by Gasteiger charge is -2.07. The molecule has 2 rings (SSSR count). The molecular weight excluding hydrogens is 247 g/mol. The van der Waals surface area contributed by atoms with Crippen molar-refractivity contribution in [2.24, 2.45) is 0 Å². The van der Waals surface area contributed by atoms with Crippen molar-refractivity contribution < 1.29 is 4.39 Å². The SMILES string of the molecule is CNc1cnn(Cc2cc(F)ccc2C#N)c(=O)c1.